The number of aliphatic hydroxyl groups excluding tert-OH is 1. The third kappa shape index (κ3) is 6.24. The molecule has 4 rings (SSSR count). The second kappa shape index (κ2) is 12.5. The number of aliphatic hydroxyl groups is 1. The smallest absolute Gasteiger partial charge is 0.218 e. The van der Waals surface area contributed by atoms with Gasteiger partial charge >= 0.3 is 0 Å². The molecule has 2 aromatic heterocycles. The zero-order chi connectivity index (χ0) is 29.0. The summed E-state index contributed by atoms with van der Waals surface area (Å²) in [5.41, 5.74) is 11.7. The van der Waals surface area contributed by atoms with Crippen LogP contribution in [0.3, 0.4) is 0 Å². The summed E-state index contributed by atoms with van der Waals surface area (Å²) in [6.07, 6.45) is 0. The summed E-state index contributed by atoms with van der Waals surface area (Å²) in [5, 5.41) is 13.9. The molecule has 4 aromatic rings. The van der Waals surface area contributed by atoms with Crippen LogP contribution in [0.5, 0.6) is 11.8 Å². The van der Waals surface area contributed by atoms with E-state index in [2.05, 4.69) is 10.3 Å². The van der Waals surface area contributed by atoms with Crippen LogP contribution in [0.1, 0.15) is 37.9 Å². The molecule has 210 valence electrons. The predicted molar refractivity (Wildman–Crippen MR) is 162 cm³/mol. The van der Waals surface area contributed by atoms with E-state index in [0.717, 1.165) is 33.4 Å². The maximum Gasteiger partial charge on any atom is 0.218 e. The molecule has 40 heavy (non-hydrogen) atoms. The minimum Gasteiger partial charge on any atom is -0.481 e. The molecule has 0 spiro atoms. The van der Waals surface area contributed by atoms with Crippen molar-refractivity contribution in [1.29, 1.82) is 0 Å². The SMILES string of the molecule is COc1nc(-c2cccc(-c3cccc(-c4ccc([C@H](C)N)c(OC)n4)c3Cl)c2Cl)ccc1CNC(C)(C)CO. The number of halogens is 2. The number of nitrogens with one attached hydrogen (secondary N) is 1. The zero-order valence-electron chi connectivity index (χ0n) is 23.3. The van der Waals surface area contributed by atoms with E-state index < -0.39 is 5.54 Å². The van der Waals surface area contributed by atoms with Crippen molar-refractivity contribution in [2.24, 2.45) is 5.73 Å². The van der Waals surface area contributed by atoms with Gasteiger partial charge in [-0.25, -0.2) is 9.97 Å². The fourth-order valence-corrected chi connectivity index (χ4v) is 4.96. The lowest BCUT2D eigenvalue weighted by Crippen LogP contribution is -2.42. The molecule has 0 aliphatic heterocycles. The van der Waals surface area contributed by atoms with Crippen LogP contribution in [0.15, 0.2) is 60.7 Å². The number of nitrogens with two attached hydrogens (primary N) is 1. The molecular weight excluding hydrogens is 547 g/mol. The highest BCUT2D eigenvalue weighted by molar-refractivity contribution is 6.39. The average molecular weight is 582 g/mol. The number of methoxy groups -OCH3 is 2. The van der Waals surface area contributed by atoms with Crippen molar-refractivity contribution >= 4 is 23.2 Å². The topological polar surface area (TPSA) is 103 Å². The lowest BCUT2D eigenvalue weighted by molar-refractivity contribution is 0.187. The second-order valence-electron chi connectivity index (χ2n) is 10.2. The highest BCUT2D eigenvalue weighted by Crippen LogP contribution is 2.42. The summed E-state index contributed by atoms with van der Waals surface area (Å²) >= 11 is 14.0. The molecule has 0 saturated heterocycles. The normalized spacial score (nSPS) is 12.3. The van der Waals surface area contributed by atoms with Gasteiger partial charge in [-0.15, -0.1) is 0 Å². The molecule has 2 heterocycles. The number of pyridine rings is 2. The first kappa shape index (κ1) is 29.8. The number of hydrogen-bond acceptors (Lipinski definition) is 7. The van der Waals surface area contributed by atoms with Crippen molar-refractivity contribution in [3.8, 4) is 45.4 Å². The monoisotopic (exact) mass is 580 g/mol. The van der Waals surface area contributed by atoms with Crippen LogP contribution < -0.4 is 20.5 Å². The van der Waals surface area contributed by atoms with E-state index in [0.29, 0.717) is 39.7 Å². The Hall–Kier alpha value is -3.20. The molecule has 4 N–H and O–H groups in total. The second-order valence-corrected chi connectivity index (χ2v) is 10.9. The summed E-state index contributed by atoms with van der Waals surface area (Å²) in [5.74, 6) is 0.947. The van der Waals surface area contributed by atoms with Gasteiger partial charge in [0.15, 0.2) is 0 Å². The van der Waals surface area contributed by atoms with Gasteiger partial charge in [-0.2, -0.15) is 0 Å². The summed E-state index contributed by atoms with van der Waals surface area (Å²) in [7, 11) is 3.16. The fraction of sp³-hybridized carbons (Fsp3) is 0.290. The van der Waals surface area contributed by atoms with Crippen molar-refractivity contribution in [3.05, 3.63) is 81.8 Å². The van der Waals surface area contributed by atoms with Crippen LogP contribution in [0, 0.1) is 0 Å². The highest BCUT2D eigenvalue weighted by Gasteiger charge is 2.20. The molecule has 0 fully saturated rings. The van der Waals surface area contributed by atoms with E-state index in [1.54, 1.807) is 14.2 Å². The van der Waals surface area contributed by atoms with Gasteiger partial charge in [0.25, 0.3) is 0 Å². The van der Waals surface area contributed by atoms with E-state index >= 15 is 0 Å². The Balaban J connectivity index is 1.73. The van der Waals surface area contributed by atoms with Gasteiger partial charge in [-0.05, 0) is 39.0 Å². The Morgan fingerprint density at radius 1 is 0.825 bits per heavy atom. The van der Waals surface area contributed by atoms with E-state index in [1.165, 1.54) is 0 Å². The van der Waals surface area contributed by atoms with Gasteiger partial charge in [0.1, 0.15) is 0 Å². The Morgan fingerprint density at radius 3 is 1.82 bits per heavy atom. The molecule has 0 aliphatic carbocycles. The number of aromatic nitrogens is 2. The lowest BCUT2D eigenvalue weighted by atomic mass is 9.98. The van der Waals surface area contributed by atoms with Gasteiger partial charge in [0.05, 0.1) is 42.3 Å². The molecule has 1 atom stereocenters. The molecule has 7 nitrogen and oxygen atoms in total. The molecule has 0 unspecified atom stereocenters. The van der Waals surface area contributed by atoms with E-state index in [1.807, 2.05) is 81.4 Å². The third-order valence-electron chi connectivity index (χ3n) is 6.70. The molecule has 0 radical (unpaired) electrons. The molecule has 2 aromatic carbocycles. The highest BCUT2D eigenvalue weighted by atomic mass is 35.5. The summed E-state index contributed by atoms with van der Waals surface area (Å²) in [6.45, 7) is 6.23. The molecule has 0 aliphatic rings. The first-order valence-corrected chi connectivity index (χ1v) is 13.6. The minimum absolute atomic E-state index is 0.00874. The Labute approximate surface area is 245 Å². The van der Waals surface area contributed by atoms with Gasteiger partial charge in [0.2, 0.25) is 11.8 Å². The van der Waals surface area contributed by atoms with Crippen molar-refractivity contribution in [2.75, 3.05) is 20.8 Å². The van der Waals surface area contributed by atoms with Crippen LogP contribution in [-0.2, 0) is 6.54 Å². The Bertz CT molecular complexity index is 1510. The van der Waals surface area contributed by atoms with Crippen molar-refractivity contribution in [3.63, 3.8) is 0 Å². The first-order valence-electron chi connectivity index (χ1n) is 12.9. The quantitative estimate of drug-likeness (QED) is 0.192. The summed E-state index contributed by atoms with van der Waals surface area (Å²) in [4.78, 5) is 9.40. The van der Waals surface area contributed by atoms with E-state index in [-0.39, 0.29) is 12.6 Å². The minimum atomic E-state index is -0.430. The summed E-state index contributed by atoms with van der Waals surface area (Å²) in [6, 6.07) is 19.0. The van der Waals surface area contributed by atoms with E-state index in [4.69, 9.17) is 43.4 Å². The number of nitrogens with zero attached hydrogens (tertiary/aromatic N) is 2. The molecule has 0 bridgehead atoms. The van der Waals surface area contributed by atoms with E-state index in [9.17, 15) is 5.11 Å². The molecule has 0 amide bonds. The number of benzene rings is 2. The molecule has 0 saturated carbocycles. The predicted octanol–water partition coefficient (Wildman–Crippen LogP) is 6.68. The molecular formula is C31H34Cl2N4O3. The van der Waals surface area contributed by atoms with Gasteiger partial charge in [-0.1, -0.05) is 65.7 Å². The van der Waals surface area contributed by atoms with Crippen LogP contribution in [0.2, 0.25) is 10.0 Å². The van der Waals surface area contributed by atoms with Gasteiger partial charge in [0, 0.05) is 51.5 Å². The third-order valence-corrected chi connectivity index (χ3v) is 7.51. The van der Waals surface area contributed by atoms with Crippen molar-refractivity contribution in [2.45, 2.75) is 38.9 Å². The van der Waals surface area contributed by atoms with Gasteiger partial charge < -0.3 is 25.6 Å². The maximum atomic E-state index is 9.55. The number of ether oxygens (including phenoxy) is 2. The number of hydrogen-bond donors (Lipinski definition) is 3. The zero-order valence-corrected chi connectivity index (χ0v) is 24.8. The standard InChI is InChI=1S/C31H34Cl2N4O3/c1-18(34)20-13-15-26(37-30(20)40-5)24-11-7-9-22(28(24)33)21-8-6-10-23(27(21)32)25-14-12-19(29(36-25)39-4)16-35-31(2,3)17-38/h6-15,18,35,38H,16-17,34H2,1-5H3/t18-/m0/s1. The Kier molecular flexibility index (Phi) is 9.33. The largest absolute Gasteiger partial charge is 0.481 e. The molecule has 9 heteroatoms. The van der Waals surface area contributed by atoms with Crippen LogP contribution >= 0.6 is 23.2 Å². The van der Waals surface area contributed by atoms with Crippen molar-refractivity contribution < 1.29 is 14.6 Å². The maximum absolute atomic E-state index is 9.55. The van der Waals surface area contributed by atoms with Crippen molar-refractivity contribution in [1.82, 2.24) is 15.3 Å². The number of rotatable bonds is 10. The van der Waals surface area contributed by atoms with Crippen LogP contribution in [-0.4, -0.2) is 41.4 Å². The van der Waals surface area contributed by atoms with Crippen LogP contribution in [0.4, 0.5) is 0 Å². The first-order chi connectivity index (χ1) is 19.1. The average Bonchev–Trinajstić information content (AvgIpc) is 2.96. The fourth-order valence-electron chi connectivity index (χ4n) is 4.31. The lowest BCUT2D eigenvalue weighted by Gasteiger charge is -2.24. The van der Waals surface area contributed by atoms with Crippen LogP contribution in [0.25, 0.3) is 33.6 Å². The summed E-state index contributed by atoms with van der Waals surface area (Å²) < 4.78 is 11.1. The Morgan fingerprint density at radius 2 is 1.32 bits per heavy atom. The van der Waals surface area contributed by atoms with Gasteiger partial charge in [-0.3, -0.25) is 0 Å².